The lowest BCUT2D eigenvalue weighted by molar-refractivity contribution is -0.118. The summed E-state index contributed by atoms with van der Waals surface area (Å²) in [6.07, 6.45) is 1.49. The first kappa shape index (κ1) is 17.2. The molecule has 0 radical (unpaired) electrons. The molecule has 1 amide bonds. The molecule has 1 aromatic heterocycles. The van der Waals surface area contributed by atoms with Gasteiger partial charge in [0.2, 0.25) is 0 Å². The van der Waals surface area contributed by atoms with Gasteiger partial charge in [0.05, 0.1) is 25.6 Å². The number of ether oxygens (including phenoxy) is 3. The van der Waals surface area contributed by atoms with E-state index in [0.717, 1.165) is 5.69 Å². The Morgan fingerprint density at radius 3 is 2.50 bits per heavy atom. The van der Waals surface area contributed by atoms with Crippen LogP contribution in [0.2, 0.25) is 0 Å². The van der Waals surface area contributed by atoms with Gasteiger partial charge < -0.3 is 19.5 Å². The van der Waals surface area contributed by atoms with Crippen LogP contribution in [0.4, 0.5) is 5.69 Å². The highest BCUT2D eigenvalue weighted by Gasteiger charge is 2.10. The lowest BCUT2D eigenvalue weighted by Gasteiger charge is -2.12. The average Bonchev–Trinajstić information content (AvgIpc) is 3.21. The van der Waals surface area contributed by atoms with E-state index in [9.17, 15) is 4.79 Å². The number of hydrogen-bond donors (Lipinski definition) is 1. The molecular weight excluding hydrogens is 338 g/mol. The maximum atomic E-state index is 12.1. The third kappa shape index (κ3) is 4.07. The Bertz CT molecular complexity index is 865. The maximum Gasteiger partial charge on any atom is 0.262 e. The van der Waals surface area contributed by atoms with Crippen molar-refractivity contribution in [1.29, 1.82) is 0 Å². The van der Waals surface area contributed by atoms with Crippen LogP contribution in [0, 0.1) is 0 Å². The van der Waals surface area contributed by atoms with Gasteiger partial charge in [-0.1, -0.05) is 0 Å². The normalized spacial score (nSPS) is 10.2. The van der Waals surface area contributed by atoms with Crippen molar-refractivity contribution in [1.82, 2.24) is 20.2 Å². The zero-order chi connectivity index (χ0) is 18.4. The molecule has 26 heavy (non-hydrogen) atoms. The summed E-state index contributed by atoms with van der Waals surface area (Å²) in [5.74, 6) is 1.38. The molecule has 134 valence electrons. The molecule has 0 fully saturated rings. The van der Waals surface area contributed by atoms with Crippen molar-refractivity contribution in [3.05, 3.63) is 48.8 Å². The number of methoxy groups -OCH3 is 2. The summed E-state index contributed by atoms with van der Waals surface area (Å²) in [6.45, 7) is -0.148. The Morgan fingerprint density at radius 2 is 1.85 bits per heavy atom. The van der Waals surface area contributed by atoms with E-state index in [1.54, 1.807) is 49.6 Å². The SMILES string of the molecule is COc1ccc(OC)c(NC(=O)COc2ccc(-n3cnnn3)cc2)c1. The van der Waals surface area contributed by atoms with Gasteiger partial charge in [0.15, 0.2) is 6.61 Å². The average molecular weight is 355 g/mol. The van der Waals surface area contributed by atoms with Crippen LogP contribution in [0.15, 0.2) is 48.8 Å². The fourth-order valence-corrected chi connectivity index (χ4v) is 2.22. The van der Waals surface area contributed by atoms with Crippen molar-refractivity contribution < 1.29 is 19.0 Å². The predicted octanol–water partition coefficient (Wildman–Crippen LogP) is 1.70. The quantitative estimate of drug-likeness (QED) is 0.688. The molecule has 0 spiro atoms. The van der Waals surface area contributed by atoms with Crippen LogP contribution < -0.4 is 19.5 Å². The highest BCUT2D eigenvalue weighted by Crippen LogP contribution is 2.28. The largest absolute Gasteiger partial charge is 0.497 e. The van der Waals surface area contributed by atoms with Crippen molar-refractivity contribution in [3.8, 4) is 22.9 Å². The molecule has 0 saturated heterocycles. The number of nitrogens with one attached hydrogen (secondary N) is 1. The van der Waals surface area contributed by atoms with E-state index in [-0.39, 0.29) is 12.5 Å². The van der Waals surface area contributed by atoms with Crippen molar-refractivity contribution in [2.24, 2.45) is 0 Å². The first-order chi connectivity index (χ1) is 12.7. The molecule has 0 bridgehead atoms. The second-order valence-corrected chi connectivity index (χ2v) is 5.15. The standard InChI is InChI=1S/C17H17N5O4/c1-24-14-7-8-16(25-2)15(9-14)19-17(23)10-26-13-5-3-12(4-6-13)22-11-18-20-21-22/h3-9,11H,10H2,1-2H3,(H,19,23). The molecule has 3 aromatic rings. The van der Waals surface area contributed by atoms with E-state index < -0.39 is 0 Å². The highest BCUT2D eigenvalue weighted by molar-refractivity contribution is 5.93. The van der Waals surface area contributed by atoms with Crippen molar-refractivity contribution in [3.63, 3.8) is 0 Å². The molecule has 0 atom stereocenters. The zero-order valence-electron chi connectivity index (χ0n) is 14.2. The van der Waals surface area contributed by atoms with E-state index in [0.29, 0.717) is 22.9 Å². The smallest absolute Gasteiger partial charge is 0.262 e. The molecule has 9 nitrogen and oxygen atoms in total. The Hall–Kier alpha value is -3.62. The molecule has 0 aliphatic rings. The lowest BCUT2D eigenvalue weighted by atomic mass is 10.2. The predicted molar refractivity (Wildman–Crippen MR) is 92.8 cm³/mol. The van der Waals surface area contributed by atoms with Gasteiger partial charge in [-0.3, -0.25) is 4.79 Å². The van der Waals surface area contributed by atoms with Crippen LogP contribution in [0.1, 0.15) is 0 Å². The number of hydrogen-bond acceptors (Lipinski definition) is 7. The molecular formula is C17H17N5O4. The van der Waals surface area contributed by atoms with Crippen LogP contribution in [0.5, 0.6) is 17.2 Å². The topological polar surface area (TPSA) is 100 Å². The fourth-order valence-electron chi connectivity index (χ4n) is 2.22. The number of amides is 1. The van der Waals surface area contributed by atoms with Gasteiger partial charge in [-0.05, 0) is 46.8 Å². The van der Waals surface area contributed by atoms with Crippen molar-refractivity contribution in [2.75, 3.05) is 26.1 Å². The minimum absolute atomic E-state index is 0.148. The molecule has 2 aromatic carbocycles. The molecule has 0 aliphatic carbocycles. The second kappa shape index (κ2) is 7.97. The van der Waals surface area contributed by atoms with Crippen molar-refractivity contribution >= 4 is 11.6 Å². The fraction of sp³-hybridized carbons (Fsp3) is 0.176. The summed E-state index contributed by atoms with van der Waals surface area (Å²) in [5.41, 5.74) is 1.29. The number of aromatic nitrogens is 4. The summed E-state index contributed by atoms with van der Waals surface area (Å²) in [7, 11) is 3.08. The van der Waals surface area contributed by atoms with Crippen LogP contribution in [-0.4, -0.2) is 46.9 Å². The Balaban J connectivity index is 1.59. The third-order valence-electron chi connectivity index (χ3n) is 3.50. The lowest BCUT2D eigenvalue weighted by Crippen LogP contribution is -2.20. The van der Waals surface area contributed by atoms with Gasteiger partial charge in [0, 0.05) is 6.07 Å². The Kier molecular flexibility index (Phi) is 5.28. The van der Waals surface area contributed by atoms with Gasteiger partial charge in [-0.25, -0.2) is 4.68 Å². The number of tetrazole rings is 1. The summed E-state index contributed by atoms with van der Waals surface area (Å²) < 4.78 is 17.4. The van der Waals surface area contributed by atoms with Gasteiger partial charge in [0.1, 0.15) is 23.6 Å². The minimum atomic E-state index is -0.318. The monoisotopic (exact) mass is 355 g/mol. The zero-order valence-corrected chi connectivity index (χ0v) is 14.2. The maximum absolute atomic E-state index is 12.1. The Labute approximate surface area is 149 Å². The van der Waals surface area contributed by atoms with E-state index in [4.69, 9.17) is 14.2 Å². The van der Waals surface area contributed by atoms with Crippen LogP contribution in [0.3, 0.4) is 0 Å². The van der Waals surface area contributed by atoms with Crippen LogP contribution in [0.25, 0.3) is 5.69 Å². The van der Waals surface area contributed by atoms with Gasteiger partial charge >= 0.3 is 0 Å². The first-order valence-corrected chi connectivity index (χ1v) is 7.67. The molecule has 0 saturated carbocycles. The summed E-state index contributed by atoms with van der Waals surface area (Å²) in [4.78, 5) is 12.1. The van der Waals surface area contributed by atoms with Crippen LogP contribution >= 0.6 is 0 Å². The van der Waals surface area contributed by atoms with Gasteiger partial charge in [-0.15, -0.1) is 5.10 Å². The number of benzene rings is 2. The van der Waals surface area contributed by atoms with E-state index >= 15 is 0 Å². The summed E-state index contributed by atoms with van der Waals surface area (Å²) in [6, 6.07) is 12.2. The highest BCUT2D eigenvalue weighted by atomic mass is 16.5. The number of anilines is 1. The number of carbonyl (C=O) groups excluding carboxylic acids is 1. The van der Waals surface area contributed by atoms with E-state index in [1.807, 2.05) is 0 Å². The molecule has 9 heteroatoms. The third-order valence-corrected chi connectivity index (χ3v) is 3.50. The molecule has 3 rings (SSSR count). The molecule has 1 N–H and O–H groups in total. The van der Waals surface area contributed by atoms with Gasteiger partial charge in [0.25, 0.3) is 5.91 Å². The van der Waals surface area contributed by atoms with E-state index in [2.05, 4.69) is 20.8 Å². The van der Waals surface area contributed by atoms with Crippen LogP contribution in [-0.2, 0) is 4.79 Å². The summed E-state index contributed by atoms with van der Waals surface area (Å²) in [5, 5.41) is 13.7. The number of nitrogens with zero attached hydrogens (tertiary/aromatic N) is 4. The Morgan fingerprint density at radius 1 is 1.08 bits per heavy atom. The second-order valence-electron chi connectivity index (χ2n) is 5.15. The van der Waals surface area contributed by atoms with Crippen molar-refractivity contribution in [2.45, 2.75) is 0 Å². The summed E-state index contributed by atoms with van der Waals surface area (Å²) >= 11 is 0. The van der Waals surface area contributed by atoms with E-state index in [1.165, 1.54) is 18.1 Å². The first-order valence-electron chi connectivity index (χ1n) is 7.67. The number of rotatable bonds is 7. The minimum Gasteiger partial charge on any atom is -0.497 e. The molecule has 0 unspecified atom stereocenters. The molecule has 0 aliphatic heterocycles. The molecule has 1 heterocycles. The van der Waals surface area contributed by atoms with Gasteiger partial charge in [-0.2, -0.15) is 0 Å². The number of carbonyl (C=O) groups is 1.